The van der Waals surface area contributed by atoms with Crippen LogP contribution < -0.4 is 10.1 Å². The van der Waals surface area contributed by atoms with E-state index >= 15 is 0 Å². The van der Waals surface area contributed by atoms with Crippen LogP contribution in [0.5, 0.6) is 5.75 Å². The summed E-state index contributed by atoms with van der Waals surface area (Å²) in [7, 11) is 0. The fourth-order valence-corrected chi connectivity index (χ4v) is 1.93. The van der Waals surface area contributed by atoms with E-state index in [2.05, 4.69) is 5.32 Å². The van der Waals surface area contributed by atoms with Crippen molar-refractivity contribution < 1.29 is 24.5 Å². The molecule has 0 fully saturated rings. The third kappa shape index (κ3) is 5.08. The molecule has 1 amide bonds. The lowest BCUT2D eigenvalue weighted by atomic mass is 10.2. The molecular formula is C13H15Cl2NO5. The average Bonchev–Trinajstić information content (AvgIpc) is 2.37. The summed E-state index contributed by atoms with van der Waals surface area (Å²) in [6.07, 6.45) is -2.23. The van der Waals surface area contributed by atoms with Gasteiger partial charge in [0.1, 0.15) is 5.75 Å². The maximum atomic E-state index is 11.9. The first-order chi connectivity index (χ1) is 9.72. The van der Waals surface area contributed by atoms with E-state index in [4.69, 9.17) is 33.0 Å². The average molecular weight is 336 g/mol. The van der Waals surface area contributed by atoms with Gasteiger partial charge in [-0.3, -0.25) is 4.79 Å². The largest absolute Gasteiger partial charge is 0.480 e. The molecule has 1 aromatic carbocycles. The van der Waals surface area contributed by atoms with E-state index < -0.39 is 30.1 Å². The Labute approximate surface area is 131 Å². The van der Waals surface area contributed by atoms with Crippen molar-refractivity contribution in [2.45, 2.75) is 32.1 Å². The summed E-state index contributed by atoms with van der Waals surface area (Å²) >= 11 is 11.7. The number of hydrogen-bond donors (Lipinski definition) is 3. The number of benzene rings is 1. The molecule has 1 rings (SSSR count). The van der Waals surface area contributed by atoms with Crippen molar-refractivity contribution >= 4 is 35.1 Å². The molecule has 0 radical (unpaired) electrons. The molecule has 0 aromatic heterocycles. The van der Waals surface area contributed by atoms with Gasteiger partial charge in [-0.2, -0.15) is 0 Å². The Morgan fingerprint density at radius 3 is 2.38 bits per heavy atom. The molecule has 0 saturated carbocycles. The Morgan fingerprint density at radius 1 is 1.29 bits per heavy atom. The fraction of sp³-hybridized carbons (Fsp3) is 0.385. The van der Waals surface area contributed by atoms with Crippen molar-refractivity contribution in [1.82, 2.24) is 5.32 Å². The van der Waals surface area contributed by atoms with Gasteiger partial charge in [0, 0.05) is 5.02 Å². The fourth-order valence-electron chi connectivity index (χ4n) is 1.47. The molecule has 0 spiro atoms. The number of aliphatic hydroxyl groups is 1. The minimum atomic E-state index is -1.41. The molecule has 3 unspecified atom stereocenters. The number of rotatable bonds is 6. The Kier molecular flexibility index (Phi) is 6.26. The van der Waals surface area contributed by atoms with E-state index in [1.807, 2.05) is 0 Å². The highest BCUT2D eigenvalue weighted by Gasteiger charge is 2.27. The second-order valence-electron chi connectivity index (χ2n) is 4.40. The molecule has 3 atom stereocenters. The van der Waals surface area contributed by atoms with Crippen LogP contribution in [0.2, 0.25) is 10.0 Å². The predicted octanol–water partition coefficient (Wildman–Crippen LogP) is 1.71. The SMILES string of the molecule is CC(Oc1ccc(Cl)cc1Cl)C(=O)NC(C(=O)O)C(C)O. The Morgan fingerprint density at radius 2 is 1.90 bits per heavy atom. The van der Waals surface area contributed by atoms with Crippen molar-refractivity contribution in [3.05, 3.63) is 28.2 Å². The van der Waals surface area contributed by atoms with Gasteiger partial charge in [-0.15, -0.1) is 0 Å². The quantitative estimate of drug-likeness (QED) is 0.735. The van der Waals surface area contributed by atoms with Crippen LogP contribution in [0.4, 0.5) is 0 Å². The topological polar surface area (TPSA) is 95.9 Å². The van der Waals surface area contributed by atoms with Gasteiger partial charge in [0.15, 0.2) is 12.1 Å². The molecule has 21 heavy (non-hydrogen) atoms. The molecule has 0 aliphatic carbocycles. The van der Waals surface area contributed by atoms with Crippen LogP contribution in [0.15, 0.2) is 18.2 Å². The van der Waals surface area contributed by atoms with Crippen molar-refractivity contribution in [3.63, 3.8) is 0 Å². The molecule has 1 aromatic rings. The molecule has 0 aliphatic heterocycles. The third-order valence-corrected chi connectivity index (χ3v) is 3.14. The first-order valence-electron chi connectivity index (χ1n) is 6.05. The van der Waals surface area contributed by atoms with Crippen LogP contribution in [0.3, 0.4) is 0 Å². The van der Waals surface area contributed by atoms with Gasteiger partial charge in [0.05, 0.1) is 11.1 Å². The number of carboxylic acid groups (broad SMARTS) is 1. The monoisotopic (exact) mass is 335 g/mol. The minimum Gasteiger partial charge on any atom is -0.480 e. The van der Waals surface area contributed by atoms with Crippen LogP contribution >= 0.6 is 23.2 Å². The number of nitrogens with one attached hydrogen (secondary N) is 1. The summed E-state index contributed by atoms with van der Waals surface area (Å²) in [5, 5.41) is 21.0. The van der Waals surface area contributed by atoms with E-state index in [1.54, 1.807) is 6.07 Å². The maximum absolute atomic E-state index is 11.9. The number of amides is 1. The van der Waals surface area contributed by atoms with Gasteiger partial charge >= 0.3 is 5.97 Å². The number of halogens is 2. The number of aliphatic carboxylic acids is 1. The van der Waals surface area contributed by atoms with Gasteiger partial charge in [0.25, 0.3) is 5.91 Å². The van der Waals surface area contributed by atoms with E-state index in [-0.39, 0.29) is 10.8 Å². The summed E-state index contributed by atoms with van der Waals surface area (Å²) in [5.41, 5.74) is 0. The zero-order valence-corrected chi connectivity index (χ0v) is 12.9. The second kappa shape index (κ2) is 7.49. The molecule has 8 heteroatoms. The number of carboxylic acids is 1. The second-order valence-corrected chi connectivity index (χ2v) is 5.24. The van der Waals surface area contributed by atoms with Gasteiger partial charge in [-0.1, -0.05) is 23.2 Å². The van der Waals surface area contributed by atoms with E-state index in [0.717, 1.165) is 0 Å². The van der Waals surface area contributed by atoms with Crippen LogP contribution in [0.25, 0.3) is 0 Å². The summed E-state index contributed by atoms with van der Waals surface area (Å²) in [4.78, 5) is 22.8. The lowest BCUT2D eigenvalue weighted by Crippen LogP contribution is -2.51. The maximum Gasteiger partial charge on any atom is 0.328 e. The molecular weight excluding hydrogens is 321 g/mol. The highest BCUT2D eigenvalue weighted by atomic mass is 35.5. The third-order valence-electron chi connectivity index (χ3n) is 2.61. The van der Waals surface area contributed by atoms with Gasteiger partial charge in [-0.05, 0) is 32.0 Å². The molecule has 0 saturated heterocycles. The smallest absolute Gasteiger partial charge is 0.328 e. The first kappa shape index (κ1) is 17.6. The van der Waals surface area contributed by atoms with Crippen LogP contribution in [0.1, 0.15) is 13.8 Å². The molecule has 116 valence electrons. The predicted molar refractivity (Wildman–Crippen MR) is 77.8 cm³/mol. The summed E-state index contributed by atoms with van der Waals surface area (Å²) in [5.74, 6) is -1.78. The van der Waals surface area contributed by atoms with Crippen LogP contribution in [0, 0.1) is 0 Å². The van der Waals surface area contributed by atoms with Crippen molar-refractivity contribution in [1.29, 1.82) is 0 Å². The van der Waals surface area contributed by atoms with Crippen molar-refractivity contribution in [3.8, 4) is 5.75 Å². The van der Waals surface area contributed by atoms with Gasteiger partial charge < -0.3 is 20.3 Å². The minimum absolute atomic E-state index is 0.229. The first-order valence-corrected chi connectivity index (χ1v) is 6.81. The van der Waals surface area contributed by atoms with Crippen LogP contribution in [-0.2, 0) is 9.59 Å². The van der Waals surface area contributed by atoms with Crippen molar-refractivity contribution in [2.24, 2.45) is 0 Å². The normalized spacial score (nSPS) is 14.9. The molecule has 3 N–H and O–H groups in total. The Balaban J connectivity index is 2.72. The summed E-state index contributed by atoms with van der Waals surface area (Å²) in [6.45, 7) is 2.70. The highest BCUT2D eigenvalue weighted by Crippen LogP contribution is 2.28. The van der Waals surface area contributed by atoms with Crippen LogP contribution in [-0.4, -0.2) is 40.3 Å². The lowest BCUT2D eigenvalue weighted by molar-refractivity contribution is -0.145. The van der Waals surface area contributed by atoms with E-state index in [0.29, 0.717) is 5.02 Å². The van der Waals surface area contributed by atoms with Gasteiger partial charge in [0.2, 0.25) is 0 Å². The molecule has 0 bridgehead atoms. The number of carbonyl (C=O) groups excluding carboxylic acids is 1. The number of aliphatic hydroxyl groups excluding tert-OH is 1. The van der Waals surface area contributed by atoms with Gasteiger partial charge in [-0.25, -0.2) is 4.79 Å². The number of ether oxygens (including phenoxy) is 1. The number of carbonyl (C=O) groups is 2. The zero-order chi connectivity index (χ0) is 16.2. The number of hydrogen-bond acceptors (Lipinski definition) is 4. The highest BCUT2D eigenvalue weighted by molar-refractivity contribution is 6.35. The Bertz CT molecular complexity index is 535. The summed E-state index contributed by atoms with van der Waals surface area (Å²) in [6, 6.07) is 3.09. The van der Waals surface area contributed by atoms with E-state index in [1.165, 1.54) is 26.0 Å². The van der Waals surface area contributed by atoms with E-state index in [9.17, 15) is 14.7 Å². The molecule has 6 nitrogen and oxygen atoms in total. The lowest BCUT2D eigenvalue weighted by Gasteiger charge is -2.20. The molecule has 0 heterocycles. The molecule has 0 aliphatic rings. The zero-order valence-electron chi connectivity index (χ0n) is 11.3. The van der Waals surface area contributed by atoms with Crippen molar-refractivity contribution in [2.75, 3.05) is 0 Å². The standard InChI is InChI=1S/C13H15Cl2NO5/c1-6(17)11(13(19)20)16-12(18)7(2)21-10-4-3-8(14)5-9(10)15/h3-7,11,17H,1-2H3,(H,16,18)(H,19,20). The Hall–Kier alpha value is -1.50. The summed E-state index contributed by atoms with van der Waals surface area (Å²) < 4.78 is 5.35.